The van der Waals surface area contributed by atoms with Gasteiger partial charge in [0.15, 0.2) is 0 Å². The van der Waals surface area contributed by atoms with Gasteiger partial charge >= 0.3 is 12.0 Å². The van der Waals surface area contributed by atoms with Crippen LogP contribution in [0, 0.1) is 6.92 Å². The molecular weight excluding hydrogens is 420 g/mol. The Morgan fingerprint density at radius 3 is 2.42 bits per heavy atom. The summed E-state index contributed by atoms with van der Waals surface area (Å²) in [5, 5.41) is 6.80. The van der Waals surface area contributed by atoms with Crippen molar-refractivity contribution < 1.29 is 19.1 Å². The maximum atomic E-state index is 13.2. The van der Waals surface area contributed by atoms with Gasteiger partial charge in [0.25, 0.3) is 0 Å². The second-order valence-corrected chi connectivity index (χ2v) is 8.67. The van der Waals surface area contributed by atoms with Crippen molar-refractivity contribution in [3.63, 3.8) is 0 Å². The molecule has 0 spiro atoms. The highest BCUT2D eigenvalue weighted by molar-refractivity contribution is 6.07. The van der Waals surface area contributed by atoms with E-state index in [1.807, 2.05) is 37.3 Å². The van der Waals surface area contributed by atoms with Gasteiger partial charge in [0.2, 0.25) is 12.1 Å². The van der Waals surface area contributed by atoms with E-state index in [-0.39, 0.29) is 0 Å². The van der Waals surface area contributed by atoms with Crippen LogP contribution in [-0.4, -0.2) is 34.7 Å². The van der Waals surface area contributed by atoms with E-state index < -0.39 is 29.7 Å². The number of anilines is 2. The molecule has 2 aromatic carbocycles. The Bertz CT molecular complexity index is 1180. The van der Waals surface area contributed by atoms with E-state index in [1.54, 1.807) is 45.2 Å². The van der Waals surface area contributed by atoms with Crippen molar-refractivity contribution in [3.8, 4) is 0 Å². The summed E-state index contributed by atoms with van der Waals surface area (Å²) in [6, 6.07) is 13.9. The molecule has 33 heavy (non-hydrogen) atoms. The molecule has 3 rings (SSSR count). The van der Waals surface area contributed by atoms with Gasteiger partial charge in [0.05, 0.1) is 11.9 Å². The lowest BCUT2D eigenvalue weighted by molar-refractivity contribution is -0.157. The number of fused-ring (bicyclic) bond motifs is 1. The Hall–Kier alpha value is -3.94. The van der Waals surface area contributed by atoms with Crippen molar-refractivity contribution in [1.29, 1.82) is 0 Å². The lowest BCUT2D eigenvalue weighted by Gasteiger charge is -2.32. The largest absolute Gasteiger partial charge is 0.457 e. The first kappa shape index (κ1) is 23.7. The number of carbonyl (C=O) groups is 3. The summed E-state index contributed by atoms with van der Waals surface area (Å²) < 4.78 is 5.54. The van der Waals surface area contributed by atoms with Crippen molar-refractivity contribution in [2.24, 2.45) is 0 Å². The van der Waals surface area contributed by atoms with Crippen LogP contribution in [0.4, 0.5) is 16.2 Å². The standard InChI is InChI=1S/C25H28N4O4/c1-16-9-8-11-19(13-16)27-24(32)28-22(23(31)33-25(3,4)5)29(17(2)30)21-15-26-14-18-10-6-7-12-20(18)21/h6-15,22H,1-5H3,(H2,27,28,32). The van der Waals surface area contributed by atoms with E-state index in [2.05, 4.69) is 15.6 Å². The second kappa shape index (κ2) is 9.68. The minimum absolute atomic E-state index is 0.382. The van der Waals surface area contributed by atoms with Crippen molar-refractivity contribution in [1.82, 2.24) is 10.3 Å². The number of ether oxygens (including phenoxy) is 1. The Balaban J connectivity index is 2.01. The highest BCUT2D eigenvalue weighted by atomic mass is 16.6. The highest BCUT2D eigenvalue weighted by Gasteiger charge is 2.35. The minimum atomic E-state index is -1.42. The zero-order valence-electron chi connectivity index (χ0n) is 19.4. The van der Waals surface area contributed by atoms with Gasteiger partial charge in [-0.1, -0.05) is 36.4 Å². The van der Waals surface area contributed by atoms with Crippen LogP contribution in [0.2, 0.25) is 0 Å². The van der Waals surface area contributed by atoms with Gasteiger partial charge in [-0.2, -0.15) is 0 Å². The molecule has 1 atom stereocenters. The average molecular weight is 449 g/mol. The van der Waals surface area contributed by atoms with Gasteiger partial charge in [0, 0.05) is 29.6 Å². The van der Waals surface area contributed by atoms with Gasteiger partial charge in [-0.05, 0) is 45.4 Å². The first-order valence-corrected chi connectivity index (χ1v) is 10.5. The van der Waals surface area contributed by atoms with Gasteiger partial charge < -0.3 is 15.4 Å². The van der Waals surface area contributed by atoms with Crippen LogP contribution in [-0.2, 0) is 14.3 Å². The molecule has 8 heteroatoms. The smallest absolute Gasteiger partial charge is 0.350 e. The number of hydrogen-bond acceptors (Lipinski definition) is 5. The topological polar surface area (TPSA) is 101 Å². The molecule has 0 radical (unpaired) electrons. The van der Waals surface area contributed by atoms with Gasteiger partial charge in [-0.25, -0.2) is 9.59 Å². The van der Waals surface area contributed by atoms with E-state index >= 15 is 0 Å². The third-order valence-corrected chi connectivity index (χ3v) is 4.68. The Morgan fingerprint density at radius 1 is 1.03 bits per heavy atom. The number of urea groups is 1. The predicted molar refractivity (Wildman–Crippen MR) is 128 cm³/mol. The van der Waals surface area contributed by atoms with Gasteiger partial charge in [-0.3, -0.25) is 14.7 Å². The summed E-state index contributed by atoms with van der Waals surface area (Å²) in [5.74, 6) is -1.23. The number of carbonyl (C=O) groups excluding carboxylic acids is 3. The molecule has 1 aromatic heterocycles. The highest BCUT2D eigenvalue weighted by Crippen LogP contribution is 2.27. The van der Waals surface area contributed by atoms with Crippen LogP contribution < -0.4 is 15.5 Å². The van der Waals surface area contributed by atoms with E-state index in [9.17, 15) is 14.4 Å². The molecule has 2 N–H and O–H groups in total. The molecule has 0 aliphatic carbocycles. The summed E-state index contributed by atoms with van der Waals surface area (Å²) in [6.07, 6.45) is 1.73. The number of pyridine rings is 1. The Labute approximate surface area is 192 Å². The average Bonchev–Trinajstić information content (AvgIpc) is 2.72. The van der Waals surface area contributed by atoms with Crippen LogP contribution in [0.1, 0.15) is 33.3 Å². The summed E-state index contributed by atoms with van der Waals surface area (Å²) in [6.45, 7) is 8.36. The second-order valence-electron chi connectivity index (χ2n) is 8.67. The summed E-state index contributed by atoms with van der Waals surface area (Å²) >= 11 is 0. The molecule has 0 bridgehead atoms. The lowest BCUT2D eigenvalue weighted by atomic mass is 10.1. The number of rotatable bonds is 5. The van der Waals surface area contributed by atoms with Gasteiger partial charge in [-0.15, -0.1) is 0 Å². The van der Waals surface area contributed by atoms with Crippen LogP contribution in [0.15, 0.2) is 60.9 Å². The zero-order valence-corrected chi connectivity index (χ0v) is 19.4. The number of esters is 1. The van der Waals surface area contributed by atoms with Crippen molar-refractivity contribution in [3.05, 3.63) is 66.5 Å². The predicted octanol–water partition coefficient (Wildman–Crippen LogP) is 4.39. The quantitative estimate of drug-likeness (QED) is 0.445. The molecule has 0 saturated heterocycles. The van der Waals surface area contributed by atoms with Crippen LogP contribution in [0.5, 0.6) is 0 Å². The van der Waals surface area contributed by atoms with E-state index in [0.29, 0.717) is 16.8 Å². The number of aryl methyl sites for hydroxylation is 1. The lowest BCUT2D eigenvalue weighted by Crippen LogP contribution is -2.57. The Morgan fingerprint density at radius 2 is 1.76 bits per heavy atom. The number of nitrogens with zero attached hydrogens (tertiary/aromatic N) is 2. The molecule has 3 amide bonds. The maximum Gasteiger partial charge on any atom is 0.350 e. The van der Waals surface area contributed by atoms with Crippen LogP contribution in [0.25, 0.3) is 10.8 Å². The fraction of sp³-hybridized carbons (Fsp3) is 0.280. The minimum Gasteiger partial charge on any atom is -0.457 e. The molecule has 1 heterocycles. The van der Waals surface area contributed by atoms with E-state index in [1.165, 1.54) is 18.0 Å². The van der Waals surface area contributed by atoms with Gasteiger partial charge in [0.1, 0.15) is 5.60 Å². The first-order chi connectivity index (χ1) is 15.5. The number of aromatic nitrogens is 1. The van der Waals surface area contributed by atoms with Crippen LogP contribution in [0.3, 0.4) is 0 Å². The molecule has 3 aromatic rings. The SMILES string of the molecule is CC(=O)N(c1cncc2ccccc12)C(NC(=O)Nc1cccc(C)c1)C(=O)OC(C)(C)C. The van der Waals surface area contributed by atoms with Crippen molar-refractivity contribution >= 4 is 40.1 Å². The molecule has 1 unspecified atom stereocenters. The first-order valence-electron chi connectivity index (χ1n) is 10.5. The van der Waals surface area contributed by atoms with E-state index in [4.69, 9.17) is 4.74 Å². The molecule has 0 saturated carbocycles. The molecular formula is C25H28N4O4. The molecule has 172 valence electrons. The summed E-state index contributed by atoms with van der Waals surface area (Å²) in [4.78, 5) is 44.2. The molecule has 0 fully saturated rings. The van der Waals surface area contributed by atoms with Crippen molar-refractivity contribution in [2.45, 2.75) is 46.4 Å². The third kappa shape index (κ3) is 6.06. The van der Waals surface area contributed by atoms with E-state index in [0.717, 1.165) is 10.9 Å². The molecule has 8 nitrogen and oxygen atoms in total. The number of benzene rings is 2. The zero-order chi connectivity index (χ0) is 24.2. The van der Waals surface area contributed by atoms with Crippen LogP contribution >= 0.6 is 0 Å². The fourth-order valence-corrected chi connectivity index (χ4v) is 3.38. The maximum absolute atomic E-state index is 13.2. The van der Waals surface area contributed by atoms with Crippen molar-refractivity contribution in [2.75, 3.05) is 10.2 Å². The molecule has 0 aliphatic heterocycles. The normalized spacial score (nSPS) is 12.0. The summed E-state index contributed by atoms with van der Waals surface area (Å²) in [7, 11) is 0. The summed E-state index contributed by atoms with van der Waals surface area (Å²) in [5.41, 5.74) is 1.07. The third-order valence-electron chi connectivity index (χ3n) is 4.68. The number of hydrogen-bond donors (Lipinski definition) is 2. The molecule has 0 aliphatic rings. The number of amides is 3. The monoisotopic (exact) mass is 448 g/mol. The fourth-order valence-electron chi connectivity index (χ4n) is 3.38. The Kier molecular flexibility index (Phi) is 6.96. The number of nitrogens with one attached hydrogen (secondary N) is 2.